The van der Waals surface area contributed by atoms with Crippen molar-refractivity contribution in [3.05, 3.63) is 42.4 Å². The average Bonchev–Trinajstić information content (AvgIpc) is 2.90. The van der Waals surface area contributed by atoms with Crippen LogP contribution in [0.25, 0.3) is 0 Å². The third kappa shape index (κ3) is 3.56. The molecule has 0 aromatic carbocycles. The summed E-state index contributed by atoms with van der Waals surface area (Å²) in [5, 5.41) is 7.61. The minimum absolute atomic E-state index is 0.354. The van der Waals surface area contributed by atoms with Gasteiger partial charge < -0.3 is 10.1 Å². The van der Waals surface area contributed by atoms with Crippen molar-refractivity contribution < 1.29 is 4.74 Å². The minimum atomic E-state index is 0.354. The number of rotatable bonds is 6. The lowest BCUT2D eigenvalue weighted by molar-refractivity contribution is 0.397. The normalized spacial score (nSPS) is 12.3. The summed E-state index contributed by atoms with van der Waals surface area (Å²) in [6.07, 6.45) is 5.58. The molecule has 0 aliphatic carbocycles. The molecule has 1 atom stereocenters. The molecule has 0 fully saturated rings. The number of methoxy groups -OCH3 is 1. The summed E-state index contributed by atoms with van der Waals surface area (Å²) in [5.41, 5.74) is 1.14. The molecule has 0 aliphatic rings. The summed E-state index contributed by atoms with van der Waals surface area (Å²) in [6, 6.07) is 6.17. The zero-order chi connectivity index (χ0) is 12.8. The lowest BCUT2D eigenvalue weighted by Crippen LogP contribution is -2.30. The lowest BCUT2D eigenvalue weighted by Gasteiger charge is -2.13. The zero-order valence-corrected chi connectivity index (χ0v) is 10.7. The Kier molecular flexibility index (Phi) is 4.30. The van der Waals surface area contributed by atoms with Gasteiger partial charge in [-0.2, -0.15) is 5.10 Å². The van der Waals surface area contributed by atoms with Crippen LogP contribution in [0.1, 0.15) is 12.5 Å². The van der Waals surface area contributed by atoms with Gasteiger partial charge in [-0.25, -0.2) is 4.98 Å². The first kappa shape index (κ1) is 12.6. The van der Waals surface area contributed by atoms with Crippen molar-refractivity contribution >= 4 is 0 Å². The quantitative estimate of drug-likeness (QED) is 0.838. The van der Waals surface area contributed by atoms with Crippen molar-refractivity contribution in [1.29, 1.82) is 0 Å². The molecule has 96 valence electrons. The van der Waals surface area contributed by atoms with Crippen LogP contribution in [0.3, 0.4) is 0 Å². The summed E-state index contributed by atoms with van der Waals surface area (Å²) in [7, 11) is 1.62. The van der Waals surface area contributed by atoms with Crippen LogP contribution >= 0.6 is 0 Å². The van der Waals surface area contributed by atoms with E-state index in [4.69, 9.17) is 4.74 Å². The van der Waals surface area contributed by atoms with Gasteiger partial charge in [-0.15, -0.1) is 0 Å². The van der Waals surface area contributed by atoms with Gasteiger partial charge in [0.2, 0.25) is 5.88 Å². The van der Waals surface area contributed by atoms with E-state index in [1.165, 1.54) is 0 Å². The molecule has 0 saturated carbocycles. The second kappa shape index (κ2) is 6.16. The van der Waals surface area contributed by atoms with Crippen LogP contribution in [-0.4, -0.2) is 27.9 Å². The first-order valence-corrected chi connectivity index (χ1v) is 5.97. The van der Waals surface area contributed by atoms with Crippen LogP contribution in [0.5, 0.6) is 5.88 Å². The molecular weight excluding hydrogens is 228 g/mol. The van der Waals surface area contributed by atoms with E-state index in [9.17, 15) is 0 Å². The molecule has 18 heavy (non-hydrogen) atoms. The molecule has 2 aromatic rings. The minimum Gasteiger partial charge on any atom is -0.481 e. The zero-order valence-electron chi connectivity index (χ0n) is 10.7. The number of nitrogens with zero attached hydrogens (tertiary/aromatic N) is 3. The first-order valence-electron chi connectivity index (χ1n) is 5.97. The molecular formula is C13H18N4O. The fraction of sp³-hybridized carbons (Fsp3) is 0.385. The predicted molar refractivity (Wildman–Crippen MR) is 69.3 cm³/mol. The van der Waals surface area contributed by atoms with Gasteiger partial charge in [-0.3, -0.25) is 4.68 Å². The van der Waals surface area contributed by atoms with Crippen molar-refractivity contribution in [1.82, 2.24) is 20.1 Å². The van der Waals surface area contributed by atoms with Gasteiger partial charge in [0.25, 0.3) is 0 Å². The van der Waals surface area contributed by atoms with Crippen LogP contribution in [-0.2, 0) is 13.1 Å². The molecule has 2 aromatic heterocycles. The maximum absolute atomic E-state index is 5.02. The van der Waals surface area contributed by atoms with Crippen LogP contribution in [0.2, 0.25) is 0 Å². The first-order chi connectivity index (χ1) is 8.78. The fourth-order valence-electron chi connectivity index (χ4n) is 1.68. The van der Waals surface area contributed by atoms with E-state index in [0.29, 0.717) is 11.9 Å². The molecule has 5 heteroatoms. The molecule has 0 spiro atoms. The molecule has 0 saturated heterocycles. The standard InChI is InChI=1S/C13H18N4O/c1-11(10-17-7-3-6-16-17)14-8-12-4-5-13(18-2)15-9-12/h3-7,9,11,14H,8,10H2,1-2H3. The number of aromatic nitrogens is 3. The van der Waals surface area contributed by atoms with Crippen LogP contribution in [0.4, 0.5) is 0 Å². The maximum atomic E-state index is 5.02. The van der Waals surface area contributed by atoms with Crippen molar-refractivity contribution in [2.24, 2.45) is 0 Å². The number of ether oxygens (including phenoxy) is 1. The Balaban J connectivity index is 1.79. The summed E-state index contributed by atoms with van der Waals surface area (Å²) in [4.78, 5) is 4.17. The van der Waals surface area contributed by atoms with Gasteiger partial charge in [0.05, 0.1) is 13.7 Å². The number of pyridine rings is 1. The molecule has 1 N–H and O–H groups in total. The smallest absolute Gasteiger partial charge is 0.212 e. The summed E-state index contributed by atoms with van der Waals surface area (Å²) in [6.45, 7) is 3.79. The summed E-state index contributed by atoms with van der Waals surface area (Å²) in [5.74, 6) is 0.642. The molecule has 0 radical (unpaired) electrons. The number of hydrogen-bond acceptors (Lipinski definition) is 4. The lowest BCUT2D eigenvalue weighted by atomic mass is 10.2. The van der Waals surface area contributed by atoms with Gasteiger partial charge in [-0.1, -0.05) is 6.07 Å². The Morgan fingerprint density at radius 3 is 2.94 bits per heavy atom. The van der Waals surface area contributed by atoms with E-state index in [2.05, 4.69) is 22.3 Å². The van der Waals surface area contributed by atoms with Crippen LogP contribution in [0.15, 0.2) is 36.8 Å². The van der Waals surface area contributed by atoms with E-state index < -0.39 is 0 Å². The SMILES string of the molecule is COc1ccc(CNC(C)Cn2cccn2)cn1. The highest BCUT2D eigenvalue weighted by Gasteiger charge is 2.03. The molecule has 0 bridgehead atoms. The number of nitrogens with one attached hydrogen (secondary N) is 1. The summed E-state index contributed by atoms with van der Waals surface area (Å²) >= 11 is 0. The van der Waals surface area contributed by atoms with Crippen LogP contribution < -0.4 is 10.1 Å². The van der Waals surface area contributed by atoms with Crippen molar-refractivity contribution in [3.63, 3.8) is 0 Å². The third-order valence-corrected chi connectivity index (χ3v) is 2.68. The second-order valence-electron chi connectivity index (χ2n) is 4.22. The highest BCUT2D eigenvalue weighted by atomic mass is 16.5. The van der Waals surface area contributed by atoms with Gasteiger partial charge in [0.1, 0.15) is 0 Å². The molecule has 0 amide bonds. The molecule has 0 aliphatic heterocycles. The van der Waals surface area contributed by atoms with Gasteiger partial charge >= 0.3 is 0 Å². The molecule has 5 nitrogen and oxygen atoms in total. The average molecular weight is 246 g/mol. The van der Waals surface area contributed by atoms with Gasteiger partial charge in [0, 0.05) is 37.2 Å². The third-order valence-electron chi connectivity index (χ3n) is 2.68. The van der Waals surface area contributed by atoms with Crippen molar-refractivity contribution in [3.8, 4) is 5.88 Å². The summed E-state index contributed by atoms with van der Waals surface area (Å²) < 4.78 is 6.94. The topological polar surface area (TPSA) is 52.0 Å². The Bertz CT molecular complexity index is 452. The second-order valence-corrected chi connectivity index (χ2v) is 4.22. The van der Waals surface area contributed by atoms with E-state index >= 15 is 0 Å². The monoisotopic (exact) mass is 246 g/mol. The van der Waals surface area contributed by atoms with Crippen LogP contribution in [0, 0.1) is 0 Å². The molecule has 2 rings (SSSR count). The van der Waals surface area contributed by atoms with E-state index in [0.717, 1.165) is 18.7 Å². The van der Waals surface area contributed by atoms with Gasteiger partial charge in [-0.05, 0) is 18.6 Å². The Morgan fingerprint density at radius 1 is 1.44 bits per heavy atom. The fourth-order valence-corrected chi connectivity index (χ4v) is 1.68. The maximum Gasteiger partial charge on any atom is 0.212 e. The highest BCUT2D eigenvalue weighted by molar-refractivity contribution is 5.17. The highest BCUT2D eigenvalue weighted by Crippen LogP contribution is 2.06. The number of hydrogen-bond donors (Lipinski definition) is 1. The Hall–Kier alpha value is -1.88. The van der Waals surface area contributed by atoms with Gasteiger partial charge in [0.15, 0.2) is 0 Å². The predicted octanol–water partition coefficient (Wildman–Crippen LogP) is 1.47. The van der Waals surface area contributed by atoms with Crippen molar-refractivity contribution in [2.45, 2.75) is 26.1 Å². The van der Waals surface area contributed by atoms with E-state index in [1.54, 1.807) is 13.3 Å². The Labute approximate surface area is 107 Å². The largest absolute Gasteiger partial charge is 0.481 e. The van der Waals surface area contributed by atoms with E-state index in [1.807, 2.05) is 35.3 Å². The Morgan fingerprint density at radius 2 is 2.33 bits per heavy atom. The molecule has 2 heterocycles. The van der Waals surface area contributed by atoms with Crippen molar-refractivity contribution in [2.75, 3.05) is 7.11 Å². The molecule has 1 unspecified atom stereocenters. The van der Waals surface area contributed by atoms with E-state index in [-0.39, 0.29) is 0 Å².